The van der Waals surface area contributed by atoms with Gasteiger partial charge >= 0.3 is 0 Å². The highest BCUT2D eigenvalue weighted by molar-refractivity contribution is 5.83. The van der Waals surface area contributed by atoms with E-state index in [1.165, 1.54) is 12.8 Å². The topological polar surface area (TPSA) is 69.2 Å². The lowest BCUT2D eigenvalue weighted by molar-refractivity contribution is 0.477. The molecule has 3 aromatic rings. The second-order valence-corrected chi connectivity index (χ2v) is 5.83. The van der Waals surface area contributed by atoms with Crippen molar-refractivity contribution >= 4 is 16.6 Å². The van der Waals surface area contributed by atoms with E-state index in [1.807, 2.05) is 18.2 Å². The lowest BCUT2D eigenvalue weighted by atomic mass is 10.1. The molecule has 0 amide bonds. The van der Waals surface area contributed by atoms with E-state index in [1.54, 1.807) is 24.3 Å². The molecule has 0 unspecified atom stereocenters. The predicted molar refractivity (Wildman–Crippen MR) is 90.9 cm³/mol. The van der Waals surface area contributed by atoms with Crippen LogP contribution >= 0.6 is 0 Å². The zero-order chi connectivity index (χ0) is 15.8. The van der Waals surface area contributed by atoms with Crippen LogP contribution in [-0.4, -0.2) is 28.2 Å². The third kappa shape index (κ3) is 2.44. The van der Waals surface area contributed by atoms with Gasteiger partial charge in [0, 0.05) is 18.8 Å². The highest BCUT2D eigenvalue weighted by Gasteiger charge is 2.14. The number of benzene rings is 2. The molecule has 4 rings (SSSR count). The normalized spacial score (nSPS) is 14.5. The van der Waals surface area contributed by atoms with Gasteiger partial charge in [0.15, 0.2) is 0 Å². The van der Waals surface area contributed by atoms with E-state index >= 15 is 0 Å². The maximum Gasteiger partial charge on any atom is 0.259 e. The Labute approximate surface area is 133 Å². The molecule has 1 aromatic heterocycles. The number of para-hydroxylation sites is 1. The van der Waals surface area contributed by atoms with Crippen molar-refractivity contribution in [1.29, 1.82) is 0 Å². The average molecular weight is 307 g/mol. The Morgan fingerprint density at radius 1 is 1.09 bits per heavy atom. The third-order valence-electron chi connectivity index (χ3n) is 4.32. The van der Waals surface area contributed by atoms with Gasteiger partial charge in [0.2, 0.25) is 0 Å². The van der Waals surface area contributed by atoms with Crippen LogP contribution in [0.25, 0.3) is 22.3 Å². The van der Waals surface area contributed by atoms with E-state index in [0.717, 1.165) is 18.8 Å². The number of fused-ring (bicyclic) bond motifs is 1. The smallest absolute Gasteiger partial charge is 0.259 e. The van der Waals surface area contributed by atoms with Gasteiger partial charge in [-0.25, -0.2) is 4.98 Å². The fourth-order valence-electron chi connectivity index (χ4n) is 3.10. The number of aromatic nitrogens is 2. The van der Waals surface area contributed by atoms with Crippen molar-refractivity contribution in [3.63, 3.8) is 0 Å². The standard InChI is InChI=1S/C18H17N3O2/c22-16-6-2-1-5-13(16)17-19-15-8-7-12(21-9-3-4-10-21)11-14(15)18(23)20-17/h1-2,5-8,11,22H,3-4,9-10H2,(H,19,20,23). The Balaban J connectivity index is 1.84. The maximum absolute atomic E-state index is 12.5. The highest BCUT2D eigenvalue weighted by Crippen LogP contribution is 2.27. The van der Waals surface area contributed by atoms with Gasteiger partial charge in [-0.15, -0.1) is 0 Å². The molecule has 2 heterocycles. The summed E-state index contributed by atoms with van der Waals surface area (Å²) in [6.45, 7) is 2.07. The van der Waals surface area contributed by atoms with Gasteiger partial charge in [-0.05, 0) is 43.2 Å². The number of nitrogens with one attached hydrogen (secondary N) is 1. The first-order chi connectivity index (χ1) is 11.2. The largest absolute Gasteiger partial charge is 0.507 e. The molecule has 1 aliphatic rings. The molecule has 1 saturated heterocycles. The molecule has 0 spiro atoms. The molecular weight excluding hydrogens is 290 g/mol. The Hall–Kier alpha value is -2.82. The van der Waals surface area contributed by atoms with Gasteiger partial charge < -0.3 is 15.0 Å². The number of aromatic hydroxyl groups is 1. The SMILES string of the molecule is O=c1[nH]c(-c2ccccc2O)nc2ccc(N3CCCC3)cc12. The van der Waals surface area contributed by atoms with Crippen LogP contribution < -0.4 is 10.5 Å². The van der Waals surface area contributed by atoms with Gasteiger partial charge in [-0.1, -0.05) is 12.1 Å². The second kappa shape index (κ2) is 5.43. The minimum atomic E-state index is -0.186. The Bertz CT molecular complexity index is 927. The summed E-state index contributed by atoms with van der Waals surface area (Å²) in [4.78, 5) is 22.0. The minimum Gasteiger partial charge on any atom is -0.507 e. The van der Waals surface area contributed by atoms with Crippen LogP contribution in [0.3, 0.4) is 0 Å². The molecule has 0 radical (unpaired) electrons. The number of aromatic amines is 1. The number of hydrogen-bond donors (Lipinski definition) is 2. The molecule has 1 fully saturated rings. The molecular formula is C18H17N3O2. The molecule has 0 bridgehead atoms. The van der Waals surface area contributed by atoms with Gasteiger partial charge in [-0.2, -0.15) is 0 Å². The number of rotatable bonds is 2. The quantitative estimate of drug-likeness (QED) is 0.764. The van der Waals surface area contributed by atoms with E-state index in [0.29, 0.717) is 22.3 Å². The van der Waals surface area contributed by atoms with Crippen molar-refractivity contribution in [2.75, 3.05) is 18.0 Å². The number of hydrogen-bond acceptors (Lipinski definition) is 4. The van der Waals surface area contributed by atoms with Crippen LogP contribution in [-0.2, 0) is 0 Å². The maximum atomic E-state index is 12.5. The van der Waals surface area contributed by atoms with Crippen molar-refractivity contribution in [1.82, 2.24) is 9.97 Å². The summed E-state index contributed by atoms with van der Waals surface area (Å²) in [5.41, 5.74) is 2.04. The van der Waals surface area contributed by atoms with E-state index in [2.05, 4.69) is 14.9 Å². The molecule has 116 valence electrons. The van der Waals surface area contributed by atoms with Crippen molar-refractivity contribution in [2.45, 2.75) is 12.8 Å². The van der Waals surface area contributed by atoms with E-state index in [9.17, 15) is 9.90 Å². The number of H-pyrrole nitrogens is 1. The molecule has 0 saturated carbocycles. The lowest BCUT2D eigenvalue weighted by Crippen LogP contribution is -2.18. The summed E-state index contributed by atoms with van der Waals surface area (Å²) in [6.07, 6.45) is 2.39. The first-order valence-corrected chi connectivity index (χ1v) is 7.80. The van der Waals surface area contributed by atoms with Crippen LogP contribution in [0.1, 0.15) is 12.8 Å². The molecule has 0 atom stereocenters. The monoisotopic (exact) mass is 307 g/mol. The molecule has 5 nitrogen and oxygen atoms in total. The lowest BCUT2D eigenvalue weighted by Gasteiger charge is -2.17. The summed E-state index contributed by atoms with van der Waals surface area (Å²) in [5.74, 6) is 0.484. The van der Waals surface area contributed by atoms with E-state index in [-0.39, 0.29) is 11.3 Å². The Morgan fingerprint density at radius 2 is 1.87 bits per heavy atom. The zero-order valence-electron chi connectivity index (χ0n) is 12.6. The fraction of sp³-hybridized carbons (Fsp3) is 0.222. The molecule has 2 N–H and O–H groups in total. The fourth-order valence-corrected chi connectivity index (χ4v) is 3.10. The average Bonchev–Trinajstić information content (AvgIpc) is 3.09. The minimum absolute atomic E-state index is 0.101. The summed E-state index contributed by atoms with van der Waals surface area (Å²) in [7, 11) is 0. The predicted octanol–water partition coefficient (Wildman–Crippen LogP) is 2.90. The summed E-state index contributed by atoms with van der Waals surface area (Å²) in [6, 6.07) is 12.6. The van der Waals surface area contributed by atoms with Crippen LogP contribution in [0.2, 0.25) is 0 Å². The number of nitrogens with zero attached hydrogens (tertiary/aromatic N) is 2. The molecule has 23 heavy (non-hydrogen) atoms. The van der Waals surface area contributed by atoms with Crippen molar-refractivity contribution < 1.29 is 5.11 Å². The van der Waals surface area contributed by atoms with E-state index < -0.39 is 0 Å². The number of phenols is 1. The summed E-state index contributed by atoms with van der Waals surface area (Å²) < 4.78 is 0. The Morgan fingerprint density at radius 3 is 2.65 bits per heavy atom. The Kier molecular flexibility index (Phi) is 3.26. The molecule has 5 heteroatoms. The first-order valence-electron chi connectivity index (χ1n) is 7.80. The van der Waals surface area contributed by atoms with Gasteiger partial charge in [-0.3, -0.25) is 4.79 Å². The molecule has 1 aliphatic heterocycles. The highest BCUT2D eigenvalue weighted by atomic mass is 16.3. The number of anilines is 1. The molecule has 0 aliphatic carbocycles. The van der Waals surface area contributed by atoms with E-state index in [4.69, 9.17) is 0 Å². The third-order valence-corrected chi connectivity index (χ3v) is 4.32. The van der Waals surface area contributed by atoms with Crippen LogP contribution in [0, 0.1) is 0 Å². The summed E-state index contributed by atoms with van der Waals surface area (Å²) >= 11 is 0. The van der Waals surface area contributed by atoms with Gasteiger partial charge in [0.1, 0.15) is 11.6 Å². The van der Waals surface area contributed by atoms with Crippen molar-refractivity contribution in [2.24, 2.45) is 0 Å². The van der Waals surface area contributed by atoms with Crippen molar-refractivity contribution in [3.8, 4) is 17.1 Å². The first kappa shape index (κ1) is 13.8. The van der Waals surface area contributed by atoms with Crippen LogP contribution in [0.4, 0.5) is 5.69 Å². The van der Waals surface area contributed by atoms with Crippen LogP contribution in [0.15, 0.2) is 47.3 Å². The van der Waals surface area contributed by atoms with Gasteiger partial charge in [0.25, 0.3) is 5.56 Å². The second-order valence-electron chi connectivity index (χ2n) is 5.83. The van der Waals surface area contributed by atoms with Crippen molar-refractivity contribution in [3.05, 3.63) is 52.8 Å². The zero-order valence-corrected chi connectivity index (χ0v) is 12.6. The number of phenolic OH excluding ortho intramolecular Hbond substituents is 1. The molecule has 2 aromatic carbocycles. The van der Waals surface area contributed by atoms with Gasteiger partial charge in [0.05, 0.1) is 16.5 Å². The summed E-state index contributed by atoms with van der Waals surface area (Å²) in [5, 5.41) is 10.5. The van der Waals surface area contributed by atoms with Crippen LogP contribution in [0.5, 0.6) is 5.75 Å².